The van der Waals surface area contributed by atoms with E-state index in [4.69, 9.17) is 5.73 Å². The average molecular weight is 275 g/mol. The topological polar surface area (TPSA) is 43.8 Å². The molecule has 108 valence electrons. The maximum absolute atomic E-state index is 12.9. The first-order valence-electron chi connectivity index (χ1n) is 7.04. The third kappa shape index (κ3) is 3.25. The summed E-state index contributed by atoms with van der Waals surface area (Å²) in [5.41, 5.74) is 10.5. The van der Waals surface area contributed by atoms with E-state index in [2.05, 4.69) is 18.9 Å². The van der Waals surface area contributed by atoms with Crippen LogP contribution in [0.2, 0.25) is 0 Å². The minimum Gasteiger partial charge on any atom is -0.327 e. The summed E-state index contributed by atoms with van der Waals surface area (Å²) >= 11 is 0. The van der Waals surface area contributed by atoms with Crippen molar-refractivity contribution in [1.29, 1.82) is 0 Å². The van der Waals surface area contributed by atoms with Gasteiger partial charge in [0.2, 0.25) is 0 Å². The molecule has 0 spiro atoms. The van der Waals surface area contributed by atoms with E-state index in [1.54, 1.807) is 12.1 Å². The Bertz CT molecular complexity index is 572. The summed E-state index contributed by atoms with van der Waals surface area (Å²) < 4.78 is 14.9. The number of aryl methyl sites for hydroxylation is 1. The molecule has 0 amide bonds. The van der Waals surface area contributed by atoms with Gasteiger partial charge >= 0.3 is 0 Å². The predicted molar refractivity (Wildman–Crippen MR) is 79.2 cm³/mol. The maximum atomic E-state index is 12.9. The lowest BCUT2D eigenvalue weighted by atomic mass is 10.0. The first-order valence-corrected chi connectivity index (χ1v) is 7.04. The van der Waals surface area contributed by atoms with Crippen LogP contribution < -0.4 is 5.73 Å². The zero-order chi connectivity index (χ0) is 14.7. The first kappa shape index (κ1) is 14.7. The van der Waals surface area contributed by atoms with Crippen LogP contribution in [-0.2, 0) is 13.0 Å². The second kappa shape index (κ2) is 6.18. The van der Waals surface area contributed by atoms with Crippen molar-refractivity contribution in [2.45, 2.75) is 46.2 Å². The molecular formula is C16H22FN3. The van der Waals surface area contributed by atoms with Crippen LogP contribution in [-0.4, -0.2) is 15.8 Å². The summed E-state index contributed by atoms with van der Waals surface area (Å²) in [5, 5.41) is 4.58. The molecule has 20 heavy (non-hydrogen) atoms. The van der Waals surface area contributed by atoms with Crippen molar-refractivity contribution in [3.8, 4) is 0 Å². The summed E-state index contributed by atoms with van der Waals surface area (Å²) in [6.45, 7) is 6.85. The molecule has 4 heteroatoms. The Hall–Kier alpha value is -1.68. The fourth-order valence-electron chi connectivity index (χ4n) is 2.35. The molecule has 2 aromatic rings. The quantitative estimate of drug-likeness (QED) is 0.911. The van der Waals surface area contributed by atoms with Gasteiger partial charge in [-0.15, -0.1) is 0 Å². The molecule has 2 rings (SSSR count). The third-order valence-electron chi connectivity index (χ3n) is 3.77. The molecule has 1 unspecified atom stereocenters. The number of nitrogens with zero attached hydrogens (tertiary/aromatic N) is 2. The normalized spacial score (nSPS) is 12.7. The Balaban J connectivity index is 2.21. The molecule has 1 aromatic carbocycles. The Morgan fingerprint density at radius 1 is 1.25 bits per heavy atom. The summed E-state index contributed by atoms with van der Waals surface area (Å²) in [7, 11) is 0. The third-order valence-corrected chi connectivity index (χ3v) is 3.77. The second-order valence-corrected chi connectivity index (χ2v) is 5.31. The van der Waals surface area contributed by atoms with Crippen molar-refractivity contribution >= 4 is 0 Å². The van der Waals surface area contributed by atoms with Crippen molar-refractivity contribution in [1.82, 2.24) is 9.78 Å². The standard InChI is InChI=1S/C16H22FN3/c1-4-15(18)9-16-11(2)19-20(12(16)3)10-13-5-7-14(17)8-6-13/h5-8,15H,4,9-10,18H2,1-3H3. The number of aromatic nitrogens is 2. The molecule has 0 aliphatic heterocycles. The average Bonchev–Trinajstić information content (AvgIpc) is 2.69. The van der Waals surface area contributed by atoms with Gasteiger partial charge in [0.1, 0.15) is 5.82 Å². The van der Waals surface area contributed by atoms with Crippen LogP contribution in [0.1, 0.15) is 35.9 Å². The molecule has 0 bridgehead atoms. The summed E-state index contributed by atoms with van der Waals surface area (Å²) in [6, 6.07) is 6.73. The minimum absolute atomic E-state index is 0.177. The van der Waals surface area contributed by atoms with Crippen molar-refractivity contribution in [2.24, 2.45) is 5.73 Å². The van der Waals surface area contributed by atoms with Gasteiger partial charge in [-0.3, -0.25) is 4.68 Å². The molecule has 0 saturated carbocycles. The molecule has 1 heterocycles. The minimum atomic E-state index is -0.211. The number of rotatable bonds is 5. The van der Waals surface area contributed by atoms with Gasteiger partial charge in [0.05, 0.1) is 12.2 Å². The molecule has 0 radical (unpaired) electrons. The molecule has 2 N–H and O–H groups in total. The van der Waals surface area contributed by atoms with E-state index in [0.717, 1.165) is 29.8 Å². The SMILES string of the molecule is CCC(N)Cc1c(C)nn(Cc2ccc(F)cc2)c1C. The highest BCUT2D eigenvalue weighted by atomic mass is 19.1. The smallest absolute Gasteiger partial charge is 0.123 e. The van der Waals surface area contributed by atoms with Crippen LogP contribution >= 0.6 is 0 Å². The van der Waals surface area contributed by atoms with E-state index in [1.165, 1.54) is 17.7 Å². The van der Waals surface area contributed by atoms with Crippen molar-refractivity contribution < 1.29 is 4.39 Å². The Morgan fingerprint density at radius 2 is 1.90 bits per heavy atom. The predicted octanol–water partition coefficient (Wildman–Crippen LogP) is 2.97. The molecule has 0 aliphatic carbocycles. The van der Waals surface area contributed by atoms with Gasteiger partial charge in [-0.25, -0.2) is 4.39 Å². The van der Waals surface area contributed by atoms with Crippen LogP contribution in [0.15, 0.2) is 24.3 Å². The number of benzene rings is 1. The maximum Gasteiger partial charge on any atom is 0.123 e. The largest absolute Gasteiger partial charge is 0.327 e. The first-order chi connectivity index (χ1) is 9.51. The number of hydrogen-bond acceptors (Lipinski definition) is 2. The number of halogens is 1. The van der Waals surface area contributed by atoms with Gasteiger partial charge in [-0.2, -0.15) is 5.10 Å². The molecular weight excluding hydrogens is 253 g/mol. The van der Waals surface area contributed by atoms with Gasteiger partial charge in [0, 0.05) is 11.7 Å². The Morgan fingerprint density at radius 3 is 2.50 bits per heavy atom. The summed E-state index contributed by atoms with van der Waals surface area (Å²) in [5.74, 6) is -0.211. The molecule has 0 aliphatic rings. The Kier molecular flexibility index (Phi) is 4.55. The molecule has 1 atom stereocenters. The Labute approximate surface area is 119 Å². The fourth-order valence-corrected chi connectivity index (χ4v) is 2.35. The van der Waals surface area contributed by atoms with E-state index in [1.807, 2.05) is 11.6 Å². The zero-order valence-corrected chi connectivity index (χ0v) is 12.4. The van der Waals surface area contributed by atoms with Gasteiger partial charge in [-0.1, -0.05) is 19.1 Å². The van der Waals surface area contributed by atoms with E-state index >= 15 is 0 Å². The molecule has 0 saturated heterocycles. The molecule has 3 nitrogen and oxygen atoms in total. The summed E-state index contributed by atoms with van der Waals surface area (Å²) in [6.07, 6.45) is 1.82. The highest BCUT2D eigenvalue weighted by Crippen LogP contribution is 2.17. The van der Waals surface area contributed by atoms with Crippen LogP contribution in [0.5, 0.6) is 0 Å². The summed E-state index contributed by atoms with van der Waals surface area (Å²) in [4.78, 5) is 0. The van der Waals surface area contributed by atoms with Gasteiger partial charge in [0.25, 0.3) is 0 Å². The van der Waals surface area contributed by atoms with Crippen LogP contribution in [0.4, 0.5) is 4.39 Å². The van der Waals surface area contributed by atoms with Crippen molar-refractivity contribution in [2.75, 3.05) is 0 Å². The van der Waals surface area contributed by atoms with Gasteiger partial charge in [0.15, 0.2) is 0 Å². The monoisotopic (exact) mass is 275 g/mol. The van der Waals surface area contributed by atoms with Crippen molar-refractivity contribution in [3.63, 3.8) is 0 Å². The van der Waals surface area contributed by atoms with Crippen LogP contribution in [0.25, 0.3) is 0 Å². The highest BCUT2D eigenvalue weighted by Gasteiger charge is 2.14. The highest BCUT2D eigenvalue weighted by molar-refractivity contribution is 5.27. The lowest BCUT2D eigenvalue weighted by Crippen LogP contribution is -2.22. The van der Waals surface area contributed by atoms with Crippen LogP contribution in [0.3, 0.4) is 0 Å². The zero-order valence-electron chi connectivity index (χ0n) is 12.4. The van der Waals surface area contributed by atoms with E-state index in [-0.39, 0.29) is 11.9 Å². The number of nitrogens with two attached hydrogens (primary N) is 1. The fraction of sp³-hybridized carbons (Fsp3) is 0.438. The lowest BCUT2D eigenvalue weighted by Gasteiger charge is -2.09. The second-order valence-electron chi connectivity index (χ2n) is 5.31. The van der Waals surface area contributed by atoms with Gasteiger partial charge in [-0.05, 0) is 49.9 Å². The molecule has 1 aromatic heterocycles. The van der Waals surface area contributed by atoms with Gasteiger partial charge < -0.3 is 5.73 Å². The van der Waals surface area contributed by atoms with E-state index < -0.39 is 0 Å². The van der Waals surface area contributed by atoms with E-state index in [0.29, 0.717) is 6.54 Å². The number of hydrogen-bond donors (Lipinski definition) is 1. The van der Waals surface area contributed by atoms with Crippen molar-refractivity contribution in [3.05, 3.63) is 52.6 Å². The lowest BCUT2D eigenvalue weighted by molar-refractivity contribution is 0.621. The van der Waals surface area contributed by atoms with E-state index in [9.17, 15) is 4.39 Å². The van der Waals surface area contributed by atoms with Crippen LogP contribution in [0, 0.1) is 19.7 Å². The molecule has 0 fully saturated rings.